The van der Waals surface area contributed by atoms with Crippen LogP contribution in [0.5, 0.6) is 0 Å². The van der Waals surface area contributed by atoms with Gasteiger partial charge in [0.15, 0.2) is 0 Å². The van der Waals surface area contributed by atoms with E-state index in [0.29, 0.717) is 6.54 Å². The topological polar surface area (TPSA) is 26.0 Å². The van der Waals surface area contributed by atoms with Crippen molar-refractivity contribution in [3.63, 3.8) is 0 Å². The third kappa shape index (κ3) is 2.38. The predicted molar refractivity (Wildman–Crippen MR) is 62.8 cm³/mol. The van der Waals surface area contributed by atoms with Crippen molar-refractivity contribution in [2.45, 2.75) is 16.3 Å². The number of rotatable bonds is 3. The van der Waals surface area contributed by atoms with Crippen LogP contribution in [0.15, 0.2) is 51.6 Å². The Morgan fingerprint density at radius 1 is 1.14 bits per heavy atom. The normalized spacial score (nSPS) is 10.4. The van der Waals surface area contributed by atoms with Crippen molar-refractivity contribution in [1.82, 2.24) is 0 Å². The Hall–Kier alpha value is -0.770. The summed E-state index contributed by atoms with van der Waals surface area (Å²) in [6.45, 7) is 0.639. The van der Waals surface area contributed by atoms with Crippen LogP contribution in [0.3, 0.4) is 0 Å². The van der Waals surface area contributed by atoms with Gasteiger partial charge in [0.1, 0.15) is 0 Å². The summed E-state index contributed by atoms with van der Waals surface area (Å²) in [6.07, 6.45) is 0. The monoisotopic (exact) mass is 221 g/mol. The largest absolute Gasteiger partial charge is 0.326 e. The SMILES string of the molecule is NCc1cc(Sc2ccccc2)cs1. The molecule has 1 aromatic heterocycles. The van der Waals surface area contributed by atoms with E-state index in [-0.39, 0.29) is 0 Å². The third-order valence-corrected chi connectivity index (χ3v) is 3.90. The minimum Gasteiger partial charge on any atom is -0.326 e. The fourth-order valence-electron chi connectivity index (χ4n) is 1.15. The van der Waals surface area contributed by atoms with Gasteiger partial charge in [-0.05, 0) is 18.2 Å². The number of thiophene rings is 1. The minimum absolute atomic E-state index is 0.639. The van der Waals surface area contributed by atoms with Crippen LogP contribution in [0.4, 0.5) is 0 Å². The molecule has 0 amide bonds. The molecule has 0 aliphatic heterocycles. The molecule has 72 valence electrons. The lowest BCUT2D eigenvalue weighted by molar-refractivity contribution is 1.10. The summed E-state index contributed by atoms with van der Waals surface area (Å²) in [6, 6.07) is 12.5. The average molecular weight is 221 g/mol. The Kier molecular flexibility index (Phi) is 3.24. The Morgan fingerprint density at radius 2 is 1.93 bits per heavy atom. The zero-order chi connectivity index (χ0) is 9.80. The average Bonchev–Trinajstić information content (AvgIpc) is 2.67. The van der Waals surface area contributed by atoms with E-state index in [1.807, 2.05) is 6.07 Å². The number of nitrogens with two attached hydrogens (primary N) is 1. The maximum absolute atomic E-state index is 5.56. The summed E-state index contributed by atoms with van der Waals surface area (Å²) in [5.41, 5.74) is 5.56. The zero-order valence-corrected chi connectivity index (χ0v) is 9.28. The second-order valence-electron chi connectivity index (χ2n) is 2.87. The van der Waals surface area contributed by atoms with Crippen LogP contribution in [-0.4, -0.2) is 0 Å². The second-order valence-corrected chi connectivity index (χ2v) is 5.01. The van der Waals surface area contributed by atoms with E-state index in [4.69, 9.17) is 5.73 Å². The lowest BCUT2D eigenvalue weighted by atomic mass is 10.4. The van der Waals surface area contributed by atoms with E-state index in [1.54, 1.807) is 23.1 Å². The van der Waals surface area contributed by atoms with Gasteiger partial charge in [-0.2, -0.15) is 0 Å². The van der Waals surface area contributed by atoms with Crippen LogP contribution >= 0.6 is 23.1 Å². The number of benzene rings is 1. The van der Waals surface area contributed by atoms with Gasteiger partial charge in [-0.1, -0.05) is 30.0 Å². The molecule has 0 saturated heterocycles. The van der Waals surface area contributed by atoms with E-state index in [0.717, 1.165) is 0 Å². The Labute approximate surface area is 92.0 Å². The summed E-state index contributed by atoms with van der Waals surface area (Å²) in [4.78, 5) is 3.79. The third-order valence-electron chi connectivity index (χ3n) is 1.81. The first-order valence-corrected chi connectivity index (χ1v) is 6.08. The lowest BCUT2D eigenvalue weighted by Crippen LogP contribution is -1.91. The van der Waals surface area contributed by atoms with Crippen LogP contribution in [0.2, 0.25) is 0 Å². The molecule has 2 N–H and O–H groups in total. The number of hydrogen-bond acceptors (Lipinski definition) is 3. The molecule has 0 unspecified atom stereocenters. The van der Waals surface area contributed by atoms with Gasteiger partial charge in [0, 0.05) is 26.6 Å². The highest BCUT2D eigenvalue weighted by molar-refractivity contribution is 7.99. The smallest absolute Gasteiger partial charge is 0.0274 e. The molecular formula is C11H11NS2. The van der Waals surface area contributed by atoms with E-state index in [2.05, 4.69) is 35.7 Å². The van der Waals surface area contributed by atoms with Gasteiger partial charge in [0.25, 0.3) is 0 Å². The predicted octanol–water partition coefficient (Wildman–Crippen LogP) is 3.36. The first-order chi connectivity index (χ1) is 6.88. The molecule has 0 saturated carbocycles. The van der Waals surface area contributed by atoms with Gasteiger partial charge < -0.3 is 5.73 Å². The summed E-state index contributed by atoms with van der Waals surface area (Å²) in [5.74, 6) is 0. The molecule has 0 fully saturated rings. The van der Waals surface area contributed by atoms with Gasteiger partial charge in [-0.3, -0.25) is 0 Å². The fourth-order valence-corrected chi connectivity index (χ4v) is 2.95. The zero-order valence-electron chi connectivity index (χ0n) is 7.64. The summed E-state index contributed by atoms with van der Waals surface area (Å²) in [5, 5.41) is 2.15. The summed E-state index contributed by atoms with van der Waals surface area (Å²) < 4.78 is 0. The van der Waals surface area contributed by atoms with Gasteiger partial charge >= 0.3 is 0 Å². The molecule has 2 aromatic rings. The van der Waals surface area contributed by atoms with Crippen LogP contribution in [0, 0.1) is 0 Å². The van der Waals surface area contributed by atoms with E-state index in [9.17, 15) is 0 Å². The van der Waals surface area contributed by atoms with Gasteiger partial charge in [-0.25, -0.2) is 0 Å². The van der Waals surface area contributed by atoms with E-state index >= 15 is 0 Å². The van der Waals surface area contributed by atoms with Crippen LogP contribution in [-0.2, 0) is 6.54 Å². The first kappa shape index (κ1) is 9.77. The maximum atomic E-state index is 5.56. The number of hydrogen-bond donors (Lipinski definition) is 1. The van der Waals surface area contributed by atoms with Crippen molar-refractivity contribution in [2.75, 3.05) is 0 Å². The van der Waals surface area contributed by atoms with Crippen molar-refractivity contribution in [3.8, 4) is 0 Å². The van der Waals surface area contributed by atoms with Crippen molar-refractivity contribution < 1.29 is 0 Å². The molecule has 14 heavy (non-hydrogen) atoms. The molecule has 1 nitrogen and oxygen atoms in total. The first-order valence-electron chi connectivity index (χ1n) is 4.39. The molecule has 0 bridgehead atoms. The Morgan fingerprint density at radius 3 is 2.57 bits per heavy atom. The highest BCUT2D eigenvalue weighted by Gasteiger charge is 1.99. The Balaban J connectivity index is 2.11. The molecule has 1 heterocycles. The van der Waals surface area contributed by atoms with Crippen molar-refractivity contribution in [3.05, 3.63) is 46.7 Å². The van der Waals surface area contributed by atoms with Crippen LogP contribution in [0.25, 0.3) is 0 Å². The molecule has 0 atom stereocenters. The van der Waals surface area contributed by atoms with Gasteiger partial charge in [-0.15, -0.1) is 11.3 Å². The lowest BCUT2D eigenvalue weighted by Gasteiger charge is -1.96. The van der Waals surface area contributed by atoms with Crippen LogP contribution in [0.1, 0.15) is 4.88 Å². The van der Waals surface area contributed by atoms with Crippen molar-refractivity contribution in [1.29, 1.82) is 0 Å². The molecule has 1 aromatic carbocycles. The highest BCUT2D eigenvalue weighted by Crippen LogP contribution is 2.30. The molecule has 0 spiro atoms. The molecule has 0 aliphatic rings. The Bertz CT molecular complexity index is 395. The summed E-state index contributed by atoms with van der Waals surface area (Å²) in [7, 11) is 0. The van der Waals surface area contributed by atoms with Crippen molar-refractivity contribution in [2.24, 2.45) is 5.73 Å². The molecule has 2 rings (SSSR count). The molecule has 0 radical (unpaired) electrons. The maximum Gasteiger partial charge on any atom is 0.0274 e. The highest BCUT2D eigenvalue weighted by atomic mass is 32.2. The quantitative estimate of drug-likeness (QED) is 0.860. The molecule has 3 heteroatoms. The van der Waals surface area contributed by atoms with E-state index < -0.39 is 0 Å². The standard InChI is InChI=1S/C11H11NS2/c12-7-10-6-11(8-13-10)14-9-4-2-1-3-5-9/h1-6,8H,7,12H2. The molecular weight excluding hydrogens is 210 g/mol. The van der Waals surface area contributed by atoms with E-state index in [1.165, 1.54) is 14.7 Å². The fraction of sp³-hybridized carbons (Fsp3) is 0.0909. The van der Waals surface area contributed by atoms with Crippen LogP contribution < -0.4 is 5.73 Å². The molecule has 0 aliphatic carbocycles. The second kappa shape index (κ2) is 4.64. The minimum atomic E-state index is 0.639. The summed E-state index contributed by atoms with van der Waals surface area (Å²) >= 11 is 3.50. The van der Waals surface area contributed by atoms with Gasteiger partial charge in [0.2, 0.25) is 0 Å². The van der Waals surface area contributed by atoms with Gasteiger partial charge in [0.05, 0.1) is 0 Å². The van der Waals surface area contributed by atoms with Crippen molar-refractivity contribution >= 4 is 23.1 Å².